The molecule has 2 N–H and O–H groups in total. The number of nitrogens with zero attached hydrogens (tertiary/aromatic N) is 1. The molecule has 1 aliphatic heterocycles. The first-order chi connectivity index (χ1) is 11.0. The molecule has 0 amide bonds. The van der Waals surface area contributed by atoms with Crippen LogP contribution in [0.15, 0.2) is 22.5 Å². The topological polar surface area (TPSA) is 79.8 Å². The molecule has 130 valence electrons. The fourth-order valence-electron chi connectivity index (χ4n) is 2.57. The monoisotopic (exact) mass is 359 g/mol. The van der Waals surface area contributed by atoms with Crippen molar-refractivity contribution in [1.29, 1.82) is 0 Å². The summed E-state index contributed by atoms with van der Waals surface area (Å²) < 4.78 is 29.1. The van der Waals surface area contributed by atoms with Crippen LogP contribution < -0.4 is 10.6 Å². The van der Waals surface area contributed by atoms with Crippen molar-refractivity contribution in [3.05, 3.63) is 22.4 Å². The van der Waals surface area contributed by atoms with Crippen molar-refractivity contribution in [3.63, 3.8) is 0 Å². The number of aliphatic imine (C=N–C) groups is 1. The maximum absolute atomic E-state index is 12.3. The normalized spacial score (nSPS) is 18.6. The molecule has 1 aliphatic rings. The quantitative estimate of drug-likeness (QED) is 0.593. The van der Waals surface area contributed by atoms with Crippen LogP contribution >= 0.6 is 11.3 Å². The van der Waals surface area contributed by atoms with E-state index in [-0.39, 0.29) is 0 Å². The van der Waals surface area contributed by atoms with Gasteiger partial charge in [0.15, 0.2) is 15.8 Å². The van der Waals surface area contributed by atoms with Gasteiger partial charge in [0.05, 0.1) is 11.3 Å². The zero-order valence-corrected chi connectivity index (χ0v) is 15.3. The Kier molecular flexibility index (Phi) is 6.43. The van der Waals surface area contributed by atoms with Crippen molar-refractivity contribution in [3.8, 4) is 0 Å². The Morgan fingerprint density at radius 3 is 2.70 bits per heavy atom. The second kappa shape index (κ2) is 8.12. The molecule has 2 heterocycles. The Morgan fingerprint density at radius 1 is 1.39 bits per heavy atom. The molecule has 0 radical (unpaired) electrons. The molecule has 0 unspecified atom stereocenters. The highest BCUT2D eigenvalue weighted by Crippen LogP contribution is 2.28. The molecule has 1 aromatic heterocycles. The molecule has 2 rings (SSSR count). The average Bonchev–Trinajstić information content (AvgIpc) is 3.03. The maximum Gasteiger partial charge on any atom is 0.191 e. The first-order valence-corrected chi connectivity index (χ1v) is 10.6. The van der Waals surface area contributed by atoms with Crippen molar-refractivity contribution >= 4 is 27.1 Å². The van der Waals surface area contributed by atoms with Gasteiger partial charge in [-0.2, -0.15) is 0 Å². The smallest absolute Gasteiger partial charge is 0.191 e. The van der Waals surface area contributed by atoms with Crippen LogP contribution in [0.1, 0.15) is 24.6 Å². The van der Waals surface area contributed by atoms with Gasteiger partial charge in [0.25, 0.3) is 0 Å². The highest BCUT2D eigenvalue weighted by atomic mass is 32.2. The van der Waals surface area contributed by atoms with Crippen LogP contribution in [0, 0.1) is 0 Å². The minimum atomic E-state index is -3.18. The Bertz CT molecular complexity index is 606. The molecule has 0 aliphatic carbocycles. The molecule has 0 aromatic carbocycles. The van der Waals surface area contributed by atoms with Gasteiger partial charge in [-0.15, -0.1) is 11.3 Å². The fraction of sp³-hybridized carbons (Fsp3) is 0.667. The van der Waals surface area contributed by atoms with E-state index in [9.17, 15) is 8.42 Å². The fourth-order valence-corrected chi connectivity index (χ4v) is 4.44. The van der Waals surface area contributed by atoms with Crippen molar-refractivity contribution < 1.29 is 13.2 Å². The van der Waals surface area contributed by atoms with Gasteiger partial charge in [-0.1, -0.05) is 6.07 Å². The summed E-state index contributed by atoms with van der Waals surface area (Å²) in [7, 11) is -3.18. The summed E-state index contributed by atoms with van der Waals surface area (Å²) in [5.74, 6) is 0.649. The molecule has 23 heavy (non-hydrogen) atoms. The lowest BCUT2D eigenvalue weighted by molar-refractivity contribution is 0.0756. The van der Waals surface area contributed by atoms with E-state index in [1.165, 1.54) is 11.1 Å². The third kappa shape index (κ3) is 4.92. The Balaban J connectivity index is 2.05. The molecule has 1 fully saturated rings. The Hall–Kier alpha value is -1.12. The molecular weight excluding hydrogens is 334 g/mol. The summed E-state index contributed by atoms with van der Waals surface area (Å²) in [5, 5.41) is 8.40. The van der Waals surface area contributed by atoms with Crippen LogP contribution in [0.5, 0.6) is 0 Å². The number of ether oxygens (including phenoxy) is 1. The van der Waals surface area contributed by atoms with E-state index < -0.39 is 14.6 Å². The number of nitrogens with one attached hydrogen (secondary N) is 2. The zero-order chi connectivity index (χ0) is 16.8. The number of guanidine groups is 1. The minimum Gasteiger partial charge on any atom is -0.381 e. The van der Waals surface area contributed by atoms with Gasteiger partial charge in [0, 0.05) is 37.4 Å². The predicted molar refractivity (Wildman–Crippen MR) is 94.8 cm³/mol. The molecular formula is C15H25N3O3S2. The van der Waals surface area contributed by atoms with Crippen LogP contribution in [0.2, 0.25) is 0 Å². The van der Waals surface area contributed by atoms with E-state index in [1.807, 2.05) is 24.4 Å². The van der Waals surface area contributed by atoms with Gasteiger partial charge in [-0.25, -0.2) is 13.4 Å². The van der Waals surface area contributed by atoms with Crippen molar-refractivity contribution in [2.45, 2.75) is 31.1 Å². The van der Waals surface area contributed by atoms with Crippen LogP contribution in [0.25, 0.3) is 0 Å². The summed E-state index contributed by atoms with van der Waals surface area (Å²) in [6.45, 7) is 4.62. The minimum absolute atomic E-state index is 0.353. The summed E-state index contributed by atoms with van der Waals surface area (Å²) >= 11 is 1.66. The first-order valence-electron chi connectivity index (χ1n) is 7.79. The van der Waals surface area contributed by atoms with Gasteiger partial charge in [0.1, 0.15) is 0 Å². The summed E-state index contributed by atoms with van der Waals surface area (Å²) in [6, 6.07) is 4.03. The average molecular weight is 360 g/mol. The van der Waals surface area contributed by atoms with Crippen LogP contribution in [0.4, 0.5) is 0 Å². The van der Waals surface area contributed by atoms with Crippen LogP contribution in [-0.4, -0.2) is 51.7 Å². The third-order valence-electron chi connectivity index (χ3n) is 4.09. The number of hydrogen-bond donors (Lipinski definition) is 2. The SMILES string of the molecule is CCNC(=NCc1cccs1)NCC1(S(C)(=O)=O)CCOCC1. The predicted octanol–water partition coefficient (Wildman–Crippen LogP) is 1.40. The van der Waals surface area contributed by atoms with Crippen molar-refractivity contribution in [2.24, 2.45) is 4.99 Å². The summed E-state index contributed by atoms with van der Waals surface area (Å²) in [4.78, 5) is 5.70. The van der Waals surface area contributed by atoms with E-state index >= 15 is 0 Å². The maximum atomic E-state index is 12.3. The van der Waals surface area contributed by atoms with Gasteiger partial charge >= 0.3 is 0 Å². The van der Waals surface area contributed by atoms with Gasteiger partial charge < -0.3 is 15.4 Å². The van der Waals surface area contributed by atoms with Gasteiger partial charge in [-0.05, 0) is 31.2 Å². The van der Waals surface area contributed by atoms with E-state index in [2.05, 4.69) is 15.6 Å². The second-order valence-corrected chi connectivity index (χ2v) is 9.14. The number of rotatable bonds is 6. The molecule has 0 bridgehead atoms. The lowest BCUT2D eigenvalue weighted by Crippen LogP contribution is -2.53. The van der Waals surface area contributed by atoms with E-state index in [0.717, 1.165) is 6.54 Å². The Morgan fingerprint density at radius 2 is 2.13 bits per heavy atom. The third-order valence-corrected chi connectivity index (χ3v) is 7.07. The molecule has 1 saturated heterocycles. The zero-order valence-electron chi connectivity index (χ0n) is 13.7. The van der Waals surface area contributed by atoms with Gasteiger partial charge in [-0.3, -0.25) is 0 Å². The first kappa shape index (κ1) is 18.2. The van der Waals surface area contributed by atoms with Gasteiger partial charge in [0.2, 0.25) is 0 Å². The molecule has 1 aromatic rings. The number of thiophene rings is 1. The molecule has 0 saturated carbocycles. The molecule has 0 spiro atoms. The summed E-state index contributed by atoms with van der Waals surface area (Å²) in [6.07, 6.45) is 2.35. The van der Waals surface area contributed by atoms with Crippen LogP contribution in [0.3, 0.4) is 0 Å². The van der Waals surface area contributed by atoms with E-state index in [0.29, 0.717) is 45.1 Å². The lowest BCUT2D eigenvalue weighted by atomic mass is 9.99. The number of sulfone groups is 1. The highest BCUT2D eigenvalue weighted by Gasteiger charge is 2.42. The van der Waals surface area contributed by atoms with Crippen molar-refractivity contribution in [1.82, 2.24) is 10.6 Å². The van der Waals surface area contributed by atoms with E-state index in [1.54, 1.807) is 11.3 Å². The number of hydrogen-bond acceptors (Lipinski definition) is 5. The molecule has 0 atom stereocenters. The molecule has 8 heteroatoms. The largest absolute Gasteiger partial charge is 0.381 e. The standard InChI is InChI=1S/C15H25N3O3S2/c1-3-16-14(17-11-13-5-4-10-22-13)18-12-15(23(2,19)20)6-8-21-9-7-15/h4-5,10H,3,6-9,11-12H2,1-2H3,(H2,16,17,18). The summed E-state index contributed by atoms with van der Waals surface area (Å²) in [5.41, 5.74) is 0. The lowest BCUT2D eigenvalue weighted by Gasteiger charge is -2.35. The van der Waals surface area contributed by atoms with E-state index in [4.69, 9.17) is 4.74 Å². The molecule has 6 nitrogen and oxygen atoms in total. The van der Waals surface area contributed by atoms with Crippen molar-refractivity contribution in [2.75, 3.05) is 32.6 Å². The Labute approximate surface area is 142 Å². The second-order valence-electron chi connectivity index (χ2n) is 5.70. The van der Waals surface area contributed by atoms with Crippen LogP contribution in [-0.2, 0) is 21.1 Å². The highest BCUT2D eigenvalue weighted by molar-refractivity contribution is 7.92.